The van der Waals surface area contributed by atoms with Crippen LogP contribution in [-0.4, -0.2) is 12.8 Å². The van der Waals surface area contributed by atoms with Gasteiger partial charge in [0.1, 0.15) is 0 Å². The van der Waals surface area contributed by atoms with Crippen molar-refractivity contribution in [2.45, 2.75) is 26.2 Å². The molecular weight excluding hydrogens is 114 g/mol. The van der Waals surface area contributed by atoms with Gasteiger partial charge in [-0.1, -0.05) is 6.92 Å². The van der Waals surface area contributed by atoms with E-state index in [4.69, 9.17) is 5.73 Å². The largest absolute Gasteiger partial charge is 0.291 e. The Bertz CT molecular complexity index is 73.3. The van der Waals surface area contributed by atoms with E-state index in [1.54, 1.807) is 0 Å². The SMILES string of the molecule is CC(C[NH])CCC[C]=O. The van der Waals surface area contributed by atoms with Gasteiger partial charge in [0.15, 0.2) is 6.29 Å². The molecule has 1 atom stereocenters. The number of carbonyl (C=O) groups excluding carboxylic acids is 1. The first-order chi connectivity index (χ1) is 4.31. The molecule has 9 heavy (non-hydrogen) atoms. The van der Waals surface area contributed by atoms with E-state index < -0.39 is 0 Å². The minimum absolute atomic E-state index is 0.443. The molecule has 0 aliphatic rings. The fraction of sp³-hybridized carbons (Fsp3) is 0.857. The van der Waals surface area contributed by atoms with E-state index in [9.17, 15) is 4.79 Å². The van der Waals surface area contributed by atoms with Crippen molar-refractivity contribution < 1.29 is 4.79 Å². The zero-order chi connectivity index (χ0) is 7.11. The lowest BCUT2D eigenvalue weighted by atomic mass is 10.1. The molecule has 0 heterocycles. The van der Waals surface area contributed by atoms with Crippen LogP contribution in [0.15, 0.2) is 0 Å². The molecule has 2 nitrogen and oxygen atoms in total. The Morgan fingerprint density at radius 3 is 2.78 bits per heavy atom. The van der Waals surface area contributed by atoms with Crippen LogP contribution in [0.25, 0.3) is 0 Å². The predicted octanol–water partition coefficient (Wildman–Crippen LogP) is 1.19. The summed E-state index contributed by atoms with van der Waals surface area (Å²) < 4.78 is 0. The van der Waals surface area contributed by atoms with Crippen molar-refractivity contribution in [3.63, 3.8) is 0 Å². The van der Waals surface area contributed by atoms with Crippen molar-refractivity contribution in [2.75, 3.05) is 6.54 Å². The number of unbranched alkanes of at least 4 members (excludes halogenated alkanes) is 1. The summed E-state index contributed by atoms with van der Waals surface area (Å²) in [5.74, 6) is 0.443. The van der Waals surface area contributed by atoms with Gasteiger partial charge < -0.3 is 0 Å². The molecule has 0 saturated carbocycles. The van der Waals surface area contributed by atoms with Crippen molar-refractivity contribution in [1.29, 1.82) is 0 Å². The van der Waals surface area contributed by atoms with Gasteiger partial charge in [0.25, 0.3) is 0 Å². The second-order valence-electron chi connectivity index (χ2n) is 2.35. The fourth-order valence-corrected chi connectivity index (χ4v) is 0.625. The zero-order valence-corrected chi connectivity index (χ0v) is 5.81. The number of nitrogens with one attached hydrogen (secondary N) is 1. The molecule has 0 spiro atoms. The Morgan fingerprint density at radius 1 is 1.67 bits per heavy atom. The normalized spacial score (nSPS) is 13.1. The van der Waals surface area contributed by atoms with E-state index >= 15 is 0 Å². The molecule has 2 radical (unpaired) electrons. The maximum absolute atomic E-state index is 9.70. The van der Waals surface area contributed by atoms with Gasteiger partial charge in [-0.2, -0.15) is 0 Å². The van der Waals surface area contributed by atoms with Crippen molar-refractivity contribution in [2.24, 2.45) is 5.92 Å². The molecule has 0 bridgehead atoms. The molecule has 0 fully saturated rings. The van der Waals surface area contributed by atoms with Gasteiger partial charge in [-0.25, -0.2) is 0 Å². The molecule has 1 unspecified atom stereocenters. The zero-order valence-electron chi connectivity index (χ0n) is 5.81. The summed E-state index contributed by atoms with van der Waals surface area (Å²) in [5, 5.41) is 0. The summed E-state index contributed by atoms with van der Waals surface area (Å²) in [6.45, 7) is 2.50. The van der Waals surface area contributed by atoms with Gasteiger partial charge in [-0.05, 0) is 18.8 Å². The predicted molar refractivity (Wildman–Crippen MR) is 36.7 cm³/mol. The average molecular weight is 127 g/mol. The summed E-state index contributed by atoms with van der Waals surface area (Å²) in [4.78, 5) is 9.70. The smallest absolute Gasteiger partial charge is 0.198 e. The third-order valence-corrected chi connectivity index (χ3v) is 1.32. The Balaban J connectivity index is 2.96. The van der Waals surface area contributed by atoms with Crippen LogP contribution in [0.5, 0.6) is 0 Å². The van der Waals surface area contributed by atoms with E-state index in [1.807, 2.05) is 13.2 Å². The Morgan fingerprint density at radius 2 is 2.33 bits per heavy atom. The average Bonchev–Trinajstić information content (AvgIpc) is 1.89. The Hall–Kier alpha value is -0.370. The standard InChI is InChI=1S/C7H13NO/c1-7(6-8)4-2-3-5-9/h7-8H,2-4,6H2,1H3. The highest BCUT2D eigenvalue weighted by Gasteiger charge is 1.97. The third kappa shape index (κ3) is 5.50. The van der Waals surface area contributed by atoms with Crippen LogP contribution < -0.4 is 5.73 Å². The number of hydrogen-bond donors (Lipinski definition) is 0. The van der Waals surface area contributed by atoms with Crippen LogP contribution in [0.2, 0.25) is 0 Å². The Kier molecular flexibility index (Phi) is 5.52. The van der Waals surface area contributed by atoms with Crippen LogP contribution in [0.4, 0.5) is 0 Å². The van der Waals surface area contributed by atoms with Crippen LogP contribution >= 0.6 is 0 Å². The third-order valence-electron chi connectivity index (χ3n) is 1.32. The monoisotopic (exact) mass is 127 g/mol. The van der Waals surface area contributed by atoms with Gasteiger partial charge in [-0.15, -0.1) is 0 Å². The van der Waals surface area contributed by atoms with Gasteiger partial charge in [0, 0.05) is 13.0 Å². The minimum atomic E-state index is 0.443. The van der Waals surface area contributed by atoms with Gasteiger partial charge >= 0.3 is 0 Å². The van der Waals surface area contributed by atoms with Crippen LogP contribution in [0.3, 0.4) is 0 Å². The van der Waals surface area contributed by atoms with E-state index in [2.05, 4.69) is 0 Å². The lowest BCUT2D eigenvalue weighted by molar-refractivity contribution is 0.506. The quantitative estimate of drug-likeness (QED) is 0.511. The highest BCUT2D eigenvalue weighted by atomic mass is 16.1. The number of rotatable bonds is 5. The molecule has 0 aromatic heterocycles. The van der Waals surface area contributed by atoms with Crippen LogP contribution in [0.1, 0.15) is 26.2 Å². The molecule has 2 heteroatoms. The van der Waals surface area contributed by atoms with E-state index in [-0.39, 0.29) is 0 Å². The lowest BCUT2D eigenvalue weighted by Crippen LogP contribution is -2.01. The molecule has 0 aromatic rings. The maximum atomic E-state index is 9.70. The first-order valence-electron chi connectivity index (χ1n) is 3.31. The summed E-state index contributed by atoms with van der Waals surface area (Å²) in [6.07, 6.45) is 4.25. The molecule has 0 amide bonds. The second-order valence-corrected chi connectivity index (χ2v) is 2.35. The van der Waals surface area contributed by atoms with Crippen LogP contribution in [-0.2, 0) is 4.79 Å². The molecule has 0 rings (SSSR count). The lowest BCUT2D eigenvalue weighted by Gasteiger charge is -2.03. The summed E-state index contributed by atoms with van der Waals surface area (Å²) >= 11 is 0. The van der Waals surface area contributed by atoms with Crippen LogP contribution in [0, 0.1) is 5.92 Å². The van der Waals surface area contributed by atoms with E-state index in [1.165, 1.54) is 0 Å². The van der Waals surface area contributed by atoms with Crippen molar-refractivity contribution >= 4 is 6.29 Å². The van der Waals surface area contributed by atoms with E-state index in [0.717, 1.165) is 12.8 Å². The first kappa shape index (κ1) is 8.63. The van der Waals surface area contributed by atoms with Gasteiger partial charge in [0.2, 0.25) is 0 Å². The second kappa shape index (κ2) is 5.76. The topological polar surface area (TPSA) is 40.9 Å². The maximum Gasteiger partial charge on any atom is 0.198 e. The van der Waals surface area contributed by atoms with Crippen molar-refractivity contribution in [3.05, 3.63) is 0 Å². The summed E-state index contributed by atoms with van der Waals surface area (Å²) in [6, 6.07) is 0. The van der Waals surface area contributed by atoms with Gasteiger partial charge in [-0.3, -0.25) is 10.5 Å². The molecule has 0 aliphatic carbocycles. The Labute approximate surface area is 56.4 Å². The van der Waals surface area contributed by atoms with Crippen molar-refractivity contribution in [3.8, 4) is 0 Å². The first-order valence-corrected chi connectivity index (χ1v) is 3.31. The van der Waals surface area contributed by atoms with Crippen molar-refractivity contribution in [1.82, 2.24) is 5.73 Å². The summed E-state index contributed by atoms with van der Waals surface area (Å²) in [7, 11) is 0. The molecule has 0 aromatic carbocycles. The molecule has 1 N–H and O–H groups in total. The fourth-order valence-electron chi connectivity index (χ4n) is 0.625. The highest BCUT2D eigenvalue weighted by molar-refractivity contribution is 5.50. The number of hydrogen-bond acceptors (Lipinski definition) is 1. The molecular formula is C7H13NO. The minimum Gasteiger partial charge on any atom is -0.291 e. The molecule has 52 valence electrons. The molecule has 0 aliphatic heterocycles. The van der Waals surface area contributed by atoms with Gasteiger partial charge in [0.05, 0.1) is 0 Å². The molecule has 0 saturated heterocycles. The van der Waals surface area contributed by atoms with E-state index in [0.29, 0.717) is 18.9 Å². The summed E-state index contributed by atoms with van der Waals surface area (Å²) in [5.41, 5.74) is 6.95. The highest BCUT2D eigenvalue weighted by Crippen LogP contribution is 2.04.